The minimum Gasteiger partial charge on any atom is -0.438 e. The Hall–Kier alpha value is -2.68. The van der Waals surface area contributed by atoms with E-state index >= 15 is 0 Å². The molecule has 0 saturated carbocycles. The molecule has 2 amide bonds. The van der Waals surface area contributed by atoms with E-state index in [1.807, 2.05) is 0 Å². The van der Waals surface area contributed by atoms with Gasteiger partial charge in [0.05, 0.1) is 18.8 Å². The fraction of sp³-hybridized carbons (Fsp3) is 0.348. The molecule has 9 heteroatoms. The van der Waals surface area contributed by atoms with Crippen molar-refractivity contribution in [1.82, 2.24) is 4.90 Å². The number of anilines is 1. The monoisotopic (exact) mass is 471 g/mol. The minimum absolute atomic E-state index is 0.0657. The molecular weight excluding hydrogens is 450 g/mol. The maximum Gasteiger partial charge on any atom is 0.261 e. The number of fused-ring (bicyclic) bond motifs is 2. The number of amides is 2. The van der Waals surface area contributed by atoms with Gasteiger partial charge in [-0.3, -0.25) is 15.0 Å². The molecule has 0 radical (unpaired) electrons. The first-order chi connectivity index (χ1) is 15.5. The average molecular weight is 472 g/mol. The van der Waals surface area contributed by atoms with Gasteiger partial charge < -0.3 is 19.4 Å². The fourth-order valence-corrected chi connectivity index (χ4v) is 5.71. The first-order valence-corrected chi connectivity index (χ1v) is 11.8. The highest BCUT2D eigenvalue weighted by Gasteiger charge is 2.30. The molecular formula is C23H22ClN3O4S. The summed E-state index contributed by atoms with van der Waals surface area (Å²) in [6, 6.07) is 6.63. The Morgan fingerprint density at radius 2 is 1.91 bits per heavy atom. The molecule has 5 rings (SSSR count). The first-order valence-electron chi connectivity index (χ1n) is 10.6. The number of ether oxygens (including phenoxy) is 1. The molecule has 0 spiro atoms. The van der Waals surface area contributed by atoms with Crippen molar-refractivity contribution in [2.45, 2.75) is 25.7 Å². The molecule has 1 fully saturated rings. The van der Waals surface area contributed by atoms with Crippen molar-refractivity contribution in [2.24, 2.45) is 0 Å². The summed E-state index contributed by atoms with van der Waals surface area (Å²) < 4.78 is 10.9. The molecule has 1 saturated heterocycles. The van der Waals surface area contributed by atoms with Gasteiger partial charge >= 0.3 is 0 Å². The zero-order chi connectivity index (χ0) is 22.2. The van der Waals surface area contributed by atoms with Gasteiger partial charge in [-0.05, 0) is 55.5 Å². The number of nitrogens with zero attached hydrogens (tertiary/aromatic N) is 1. The van der Waals surface area contributed by atoms with Gasteiger partial charge in [-0.2, -0.15) is 0 Å². The number of halogens is 1. The first kappa shape index (κ1) is 21.2. The van der Waals surface area contributed by atoms with Crippen LogP contribution < -0.4 is 10.9 Å². The van der Waals surface area contributed by atoms with Crippen LogP contribution in [-0.2, 0) is 17.6 Å². The number of morpholine rings is 1. The maximum atomic E-state index is 13.4. The number of hydrogen-bond acceptors (Lipinski definition) is 6. The lowest BCUT2D eigenvalue weighted by Gasteiger charge is -2.27. The molecule has 3 aromatic rings. The Labute approximate surface area is 193 Å². The standard InChI is InChI=1S/C23H22ClN3O4S/c24-14-5-6-17-13(11-14)12-16(20(25)31-17)21(28)26-22-19(15-3-1-2-4-18(15)32-22)23(29)27-7-9-30-10-8-27/h5-6,11-12,25H,1-4,7-10H2,(H,26,28). The second kappa shape index (κ2) is 8.69. The lowest BCUT2D eigenvalue weighted by molar-refractivity contribution is 0.0303. The molecule has 2 aromatic heterocycles. The summed E-state index contributed by atoms with van der Waals surface area (Å²) in [5.41, 5.74) is 1.97. The van der Waals surface area contributed by atoms with Crippen LogP contribution in [-0.4, -0.2) is 43.0 Å². The Morgan fingerprint density at radius 3 is 2.72 bits per heavy atom. The number of thiophene rings is 1. The number of carbonyl (C=O) groups excluding carboxylic acids is 2. The van der Waals surface area contributed by atoms with E-state index in [0.29, 0.717) is 52.9 Å². The molecule has 166 valence electrons. The van der Waals surface area contributed by atoms with E-state index in [-0.39, 0.29) is 17.0 Å². The van der Waals surface area contributed by atoms with Crippen molar-refractivity contribution in [3.63, 3.8) is 0 Å². The number of benzene rings is 1. The summed E-state index contributed by atoms with van der Waals surface area (Å²) >= 11 is 7.53. The van der Waals surface area contributed by atoms with Crippen molar-refractivity contribution in [3.8, 4) is 0 Å². The Morgan fingerprint density at radius 1 is 1.12 bits per heavy atom. The van der Waals surface area contributed by atoms with Gasteiger partial charge in [-0.15, -0.1) is 11.3 Å². The highest BCUT2D eigenvalue weighted by atomic mass is 35.5. The van der Waals surface area contributed by atoms with Gasteiger partial charge in [0.15, 0.2) is 0 Å². The van der Waals surface area contributed by atoms with E-state index in [2.05, 4.69) is 5.32 Å². The lowest BCUT2D eigenvalue weighted by atomic mass is 9.95. The molecule has 0 bridgehead atoms. The molecule has 32 heavy (non-hydrogen) atoms. The summed E-state index contributed by atoms with van der Waals surface area (Å²) in [6.45, 7) is 2.11. The van der Waals surface area contributed by atoms with Crippen molar-refractivity contribution in [2.75, 3.05) is 31.6 Å². The summed E-state index contributed by atoms with van der Waals surface area (Å²) in [5, 5.41) is 12.8. The van der Waals surface area contributed by atoms with Crippen LogP contribution in [0, 0.1) is 5.41 Å². The topological polar surface area (TPSA) is 95.6 Å². The third-order valence-corrected chi connectivity index (χ3v) is 7.33. The SMILES string of the molecule is N=c1oc2ccc(Cl)cc2cc1C(=O)Nc1sc2c(c1C(=O)N1CCOCC1)CCCC2. The van der Waals surface area contributed by atoms with Crippen LogP contribution in [0.2, 0.25) is 5.02 Å². The minimum atomic E-state index is -0.477. The molecule has 7 nitrogen and oxygen atoms in total. The Bertz CT molecular complexity index is 1280. The molecule has 2 N–H and O–H groups in total. The number of carbonyl (C=O) groups is 2. The summed E-state index contributed by atoms with van der Waals surface area (Å²) in [6.07, 6.45) is 3.85. The highest BCUT2D eigenvalue weighted by Crippen LogP contribution is 2.39. The summed E-state index contributed by atoms with van der Waals surface area (Å²) in [7, 11) is 0. The summed E-state index contributed by atoms with van der Waals surface area (Å²) in [5.74, 6) is -0.542. The quantitative estimate of drug-likeness (QED) is 0.597. The third-order valence-electron chi connectivity index (χ3n) is 5.88. The second-order valence-electron chi connectivity index (χ2n) is 7.95. The van der Waals surface area contributed by atoms with Gasteiger partial charge in [0.25, 0.3) is 11.8 Å². The third kappa shape index (κ3) is 3.94. The number of aryl methyl sites for hydroxylation is 1. The predicted molar refractivity (Wildman–Crippen MR) is 123 cm³/mol. The largest absolute Gasteiger partial charge is 0.438 e. The van der Waals surface area contributed by atoms with Crippen LogP contribution in [0.4, 0.5) is 5.00 Å². The van der Waals surface area contributed by atoms with Crippen LogP contribution in [0.5, 0.6) is 0 Å². The zero-order valence-electron chi connectivity index (χ0n) is 17.3. The summed E-state index contributed by atoms with van der Waals surface area (Å²) in [4.78, 5) is 29.5. The van der Waals surface area contributed by atoms with E-state index in [0.717, 1.165) is 36.1 Å². The number of nitrogens with one attached hydrogen (secondary N) is 2. The van der Waals surface area contributed by atoms with Gasteiger partial charge in [0.2, 0.25) is 5.55 Å². The normalized spacial score (nSPS) is 16.1. The van der Waals surface area contributed by atoms with Crippen LogP contribution in [0.3, 0.4) is 0 Å². The van der Waals surface area contributed by atoms with E-state index in [1.54, 1.807) is 29.2 Å². The van der Waals surface area contributed by atoms with Gasteiger partial charge in [-0.1, -0.05) is 11.6 Å². The van der Waals surface area contributed by atoms with Crippen molar-refractivity contribution >= 4 is 50.7 Å². The van der Waals surface area contributed by atoms with E-state index in [9.17, 15) is 9.59 Å². The maximum absolute atomic E-state index is 13.4. The van der Waals surface area contributed by atoms with Crippen LogP contribution in [0.25, 0.3) is 11.0 Å². The molecule has 3 heterocycles. The van der Waals surface area contributed by atoms with Crippen LogP contribution >= 0.6 is 22.9 Å². The van der Waals surface area contributed by atoms with E-state index in [4.69, 9.17) is 26.2 Å². The Kier molecular flexibility index (Phi) is 5.75. The lowest BCUT2D eigenvalue weighted by Crippen LogP contribution is -2.41. The number of hydrogen-bond donors (Lipinski definition) is 2. The number of rotatable bonds is 3. The molecule has 1 aliphatic carbocycles. The molecule has 1 aliphatic heterocycles. The fourth-order valence-electron chi connectivity index (χ4n) is 4.25. The Balaban J connectivity index is 1.51. The van der Waals surface area contributed by atoms with Gasteiger partial charge in [0.1, 0.15) is 16.1 Å². The van der Waals surface area contributed by atoms with E-state index < -0.39 is 5.91 Å². The average Bonchev–Trinajstić information content (AvgIpc) is 3.16. The van der Waals surface area contributed by atoms with Crippen molar-refractivity contribution in [1.29, 1.82) is 5.41 Å². The van der Waals surface area contributed by atoms with Gasteiger partial charge in [-0.25, -0.2) is 0 Å². The van der Waals surface area contributed by atoms with E-state index in [1.165, 1.54) is 11.3 Å². The van der Waals surface area contributed by atoms with Crippen molar-refractivity contribution < 1.29 is 18.7 Å². The molecule has 0 unspecified atom stereocenters. The van der Waals surface area contributed by atoms with Gasteiger partial charge in [0, 0.05) is 28.4 Å². The molecule has 2 aliphatic rings. The highest BCUT2D eigenvalue weighted by molar-refractivity contribution is 7.17. The van der Waals surface area contributed by atoms with Crippen LogP contribution in [0.1, 0.15) is 44.0 Å². The smallest absolute Gasteiger partial charge is 0.261 e. The second-order valence-corrected chi connectivity index (χ2v) is 9.49. The molecule has 1 aromatic carbocycles. The van der Waals surface area contributed by atoms with Crippen LogP contribution in [0.15, 0.2) is 28.7 Å². The zero-order valence-corrected chi connectivity index (χ0v) is 18.9. The predicted octanol–water partition coefficient (Wildman–Crippen LogP) is 4.23. The molecule has 0 atom stereocenters. The van der Waals surface area contributed by atoms with Crippen molar-refractivity contribution in [3.05, 3.63) is 56.4 Å².